The molecule has 1 aromatic heterocycles. The van der Waals surface area contributed by atoms with E-state index in [0.29, 0.717) is 18.0 Å². The van der Waals surface area contributed by atoms with Gasteiger partial charge in [-0.15, -0.1) is 0 Å². The van der Waals surface area contributed by atoms with Gasteiger partial charge < -0.3 is 15.4 Å². The summed E-state index contributed by atoms with van der Waals surface area (Å²) in [6.45, 7) is 10.2. The second kappa shape index (κ2) is 8.70. The van der Waals surface area contributed by atoms with Crippen LogP contribution in [0.1, 0.15) is 24.2 Å². The quantitative estimate of drug-likeness (QED) is 0.793. The average molecular weight is 306 g/mol. The Balaban J connectivity index is 1.79. The van der Waals surface area contributed by atoms with Gasteiger partial charge >= 0.3 is 0 Å². The van der Waals surface area contributed by atoms with Crippen LogP contribution in [-0.4, -0.2) is 61.7 Å². The van der Waals surface area contributed by atoms with E-state index in [4.69, 9.17) is 4.74 Å². The van der Waals surface area contributed by atoms with Gasteiger partial charge in [-0.3, -0.25) is 14.7 Å². The predicted molar refractivity (Wildman–Crippen MR) is 87.2 cm³/mol. The molecular weight excluding hydrogens is 280 g/mol. The van der Waals surface area contributed by atoms with Crippen molar-refractivity contribution in [3.63, 3.8) is 0 Å². The summed E-state index contributed by atoms with van der Waals surface area (Å²) in [5, 5.41) is 6.23. The summed E-state index contributed by atoms with van der Waals surface area (Å²) in [7, 11) is 0. The minimum absolute atomic E-state index is 0.0713. The van der Waals surface area contributed by atoms with Crippen LogP contribution in [-0.2, 0) is 4.74 Å². The Morgan fingerprint density at radius 2 is 2.14 bits per heavy atom. The van der Waals surface area contributed by atoms with Gasteiger partial charge in [0.1, 0.15) is 0 Å². The van der Waals surface area contributed by atoms with Crippen LogP contribution in [0, 0.1) is 5.92 Å². The molecule has 1 aliphatic rings. The topological polar surface area (TPSA) is 66.5 Å². The summed E-state index contributed by atoms with van der Waals surface area (Å²) in [5.74, 6) is 0.366. The molecule has 2 rings (SSSR count). The third-order valence-electron chi connectivity index (χ3n) is 3.53. The van der Waals surface area contributed by atoms with Crippen molar-refractivity contribution in [3.8, 4) is 0 Å². The standard InChI is InChI=1S/C16H26N4O2/c1-13(2)10-19-16(21)14-9-15(12-17-11-14)18-3-4-20-5-7-22-8-6-20/h9,11-13,18H,3-8,10H2,1-2H3,(H,19,21). The molecule has 6 heteroatoms. The van der Waals surface area contributed by atoms with Crippen molar-refractivity contribution in [1.29, 1.82) is 0 Å². The van der Waals surface area contributed by atoms with Crippen LogP contribution in [0.15, 0.2) is 18.5 Å². The van der Waals surface area contributed by atoms with Crippen molar-refractivity contribution < 1.29 is 9.53 Å². The number of hydrogen-bond donors (Lipinski definition) is 2. The lowest BCUT2D eigenvalue weighted by Gasteiger charge is -2.26. The number of morpholine rings is 1. The van der Waals surface area contributed by atoms with Crippen LogP contribution >= 0.6 is 0 Å². The number of hydrogen-bond acceptors (Lipinski definition) is 5. The second-order valence-corrected chi connectivity index (χ2v) is 5.95. The monoisotopic (exact) mass is 306 g/mol. The highest BCUT2D eigenvalue weighted by Gasteiger charge is 2.10. The SMILES string of the molecule is CC(C)CNC(=O)c1cncc(NCCN2CCOCC2)c1. The van der Waals surface area contributed by atoms with E-state index in [9.17, 15) is 4.79 Å². The number of pyridine rings is 1. The minimum Gasteiger partial charge on any atom is -0.382 e. The van der Waals surface area contributed by atoms with Crippen molar-refractivity contribution in [2.24, 2.45) is 5.92 Å². The van der Waals surface area contributed by atoms with E-state index in [1.165, 1.54) is 0 Å². The van der Waals surface area contributed by atoms with Crippen molar-refractivity contribution >= 4 is 11.6 Å². The van der Waals surface area contributed by atoms with E-state index in [2.05, 4.69) is 34.4 Å². The Morgan fingerprint density at radius 3 is 2.86 bits per heavy atom. The summed E-state index contributed by atoms with van der Waals surface area (Å²) in [5.41, 5.74) is 1.47. The van der Waals surface area contributed by atoms with Gasteiger partial charge in [0.2, 0.25) is 0 Å². The number of nitrogens with zero attached hydrogens (tertiary/aromatic N) is 2. The molecule has 6 nitrogen and oxygen atoms in total. The number of nitrogens with one attached hydrogen (secondary N) is 2. The molecular formula is C16H26N4O2. The van der Waals surface area contributed by atoms with Gasteiger partial charge in [0.15, 0.2) is 0 Å². The molecule has 0 saturated carbocycles. The molecule has 0 spiro atoms. The van der Waals surface area contributed by atoms with Crippen LogP contribution in [0.25, 0.3) is 0 Å². The van der Waals surface area contributed by atoms with Crippen LogP contribution in [0.3, 0.4) is 0 Å². The third kappa shape index (κ3) is 5.61. The first-order valence-electron chi connectivity index (χ1n) is 7.92. The lowest BCUT2D eigenvalue weighted by Crippen LogP contribution is -2.39. The van der Waals surface area contributed by atoms with Gasteiger partial charge in [-0.1, -0.05) is 13.8 Å². The van der Waals surface area contributed by atoms with Gasteiger partial charge in [-0.25, -0.2) is 0 Å². The van der Waals surface area contributed by atoms with Gasteiger partial charge in [-0.2, -0.15) is 0 Å². The van der Waals surface area contributed by atoms with Gasteiger partial charge in [0.05, 0.1) is 24.5 Å². The molecule has 0 aromatic carbocycles. The fraction of sp³-hybridized carbons (Fsp3) is 0.625. The molecule has 22 heavy (non-hydrogen) atoms. The number of aromatic nitrogens is 1. The number of carbonyl (C=O) groups is 1. The summed E-state index contributed by atoms with van der Waals surface area (Å²) in [6.07, 6.45) is 3.35. The Bertz CT molecular complexity index is 473. The fourth-order valence-corrected chi connectivity index (χ4v) is 2.24. The zero-order valence-electron chi connectivity index (χ0n) is 13.5. The normalized spacial score (nSPS) is 15.8. The maximum atomic E-state index is 12.0. The first-order chi connectivity index (χ1) is 10.6. The molecule has 1 aliphatic heterocycles. The van der Waals surface area contributed by atoms with Crippen molar-refractivity contribution in [2.75, 3.05) is 51.3 Å². The molecule has 2 heterocycles. The first kappa shape index (κ1) is 16.7. The zero-order chi connectivity index (χ0) is 15.8. The Hall–Kier alpha value is -1.66. The minimum atomic E-state index is -0.0713. The number of ether oxygens (including phenoxy) is 1. The highest BCUT2D eigenvalue weighted by Crippen LogP contribution is 2.08. The van der Waals surface area contributed by atoms with E-state index in [0.717, 1.165) is 45.1 Å². The van der Waals surface area contributed by atoms with Gasteiger partial charge in [-0.05, 0) is 12.0 Å². The summed E-state index contributed by atoms with van der Waals surface area (Å²) >= 11 is 0. The fourth-order valence-electron chi connectivity index (χ4n) is 2.24. The van der Waals surface area contributed by atoms with E-state index in [1.807, 2.05) is 6.07 Å². The lowest BCUT2D eigenvalue weighted by molar-refractivity contribution is 0.0398. The predicted octanol–water partition coefficient (Wildman–Crippen LogP) is 1.21. The molecule has 0 radical (unpaired) electrons. The van der Waals surface area contributed by atoms with Crippen molar-refractivity contribution in [1.82, 2.24) is 15.2 Å². The van der Waals surface area contributed by atoms with Crippen LogP contribution in [0.4, 0.5) is 5.69 Å². The maximum Gasteiger partial charge on any atom is 0.252 e. The van der Waals surface area contributed by atoms with Gasteiger partial charge in [0.25, 0.3) is 5.91 Å². The largest absolute Gasteiger partial charge is 0.382 e. The molecule has 0 atom stereocenters. The molecule has 0 unspecified atom stereocenters. The van der Waals surface area contributed by atoms with E-state index < -0.39 is 0 Å². The molecule has 1 amide bonds. The summed E-state index contributed by atoms with van der Waals surface area (Å²) in [6, 6.07) is 1.85. The van der Waals surface area contributed by atoms with E-state index in [1.54, 1.807) is 12.4 Å². The van der Waals surface area contributed by atoms with Crippen LogP contribution < -0.4 is 10.6 Å². The molecule has 1 saturated heterocycles. The van der Waals surface area contributed by atoms with Crippen molar-refractivity contribution in [3.05, 3.63) is 24.0 Å². The lowest BCUT2D eigenvalue weighted by atomic mass is 10.2. The molecule has 1 aromatic rings. The smallest absolute Gasteiger partial charge is 0.252 e. The Morgan fingerprint density at radius 1 is 1.36 bits per heavy atom. The molecule has 0 aliphatic carbocycles. The number of amides is 1. The first-order valence-corrected chi connectivity index (χ1v) is 7.92. The summed E-state index contributed by atoms with van der Waals surface area (Å²) in [4.78, 5) is 18.5. The van der Waals surface area contributed by atoms with Crippen molar-refractivity contribution in [2.45, 2.75) is 13.8 Å². The molecule has 0 bridgehead atoms. The van der Waals surface area contributed by atoms with Crippen LogP contribution in [0.5, 0.6) is 0 Å². The average Bonchev–Trinajstić information content (AvgIpc) is 2.54. The van der Waals surface area contributed by atoms with Crippen LogP contribution in [0.2, 0.25) is 0 Å². The van der Waals surface area contributed by atoms with Gasteiger partial charge in [0, 0.05) is 45.1 Å². The number of rotatable bonds is 7. The zero-order valence-corrected chi connectivity index (χ0v) is 13.5. The highest BCUT2D eigenvalue weighted by molar-refractivity contribution is 5.94. The highest BCUT2D eigenvalue weighted by atomic mass is 16.5. The van der Waals surface area contributed by atoms with E-state index in [-0.39, 0.29) is 5.91 Å². The van der Waals surface area contributed by atoms with E-state index >= 15 is 0 Å². The third-order valence-corrected chi connectivity index (χ3v) is 3.53. The number of carbonyl (C=O) groups excluding carboxylic acids is 1. The molecule has 1 fully saturated rings. The molecule has 122 valence electrons. The Kier molecular flexibility index (Phi) is 6.61. The summed E-state index contributed by atoms with van der Waals surface area (Å²) < 4.78 is 5.33. The molecule has 2 N–H and O–H groups in total. The number of anilines is 1. The maximum absolute atomic E-state index is 12.0. The Labute approximate surface area is 132 Å². The second-order valence-electron chi connectivity index (χ2n) is 5.95.